The number of rotatable bonds is 20. The quantitative estimate of drug-likeness (QED) is 0.0576. The SMILES string of the molecule is CC(=O)OC[C@H]1O[C@@H](n2cc(C)c(=O)n(C/C=C(\CNC/C(=C\Cn3c(=O)c(C)cn([C@H]4C[C@H](OC(C)=O)[C@@H](COC(C)=O)O4)c3=O)c3ccc([N+](=O)[O-])cc3)c3ccc([N+](=O)[O-])cc3)c2=O)C[C@@H]1OC(C)=O. The van der Waals surface area contributed by atoms with Crippen LogP contribution in [0.1, 0.15) is 75.2 Å². The van der Waals surface area contributed by atoms with Crippen molar-refractivity contribution in [3.8, 4) is 0 Å². The number of ether oxygens (including phenoxy) is 6. The Kier molecular flexibility index (Phi) is 17.7. The molecule has 1 N–H and O–H groups in total. The molecular formula is C48H53N7O18. The molecule has 2 aromatic carbocycles. The standard InChI is InChI=1S/C48H53N7O18/c1-27-23-52(43-19-39(70-31(5)58)41(72-43)25-68-29(3)56)47(62)50(45(27)60)17-15-35(33-7-11-37(12-8-33)54(64)65)21-49-22-36(34-9-13-38(14-10-34)55(66)67)16-18-51-46(61)28(2)24-53(48(51)63)44-20-40(71-32(6)59)42(73-44)26-69-30(4)57/h7-16,23-24,39-44,49H,17-22,25-26H2,1-6H3/b35-15+,36-16+/t39-,40-,41+,42+,43+,44+/m0/s1. The van der Waals surface area contributed by atoms with Crippen molar-refractivity contribution in [3.05, 3.63) is 157 Å². The van der Waals surface area contributed by atoms with Crippen LogP contribution in [0.3, 0.4) is 0 Å². The number of carbonyl (C=O) groups excluding carboxylic acids is 4. The van der Waals surface area contributed by atoms with Crippen LogP contribution in [0.5, 0.6) is 0 Å². The molecule has 73 heavy (non-hydrogen) atoms. The van der Waals surface area contributed by atoms with E-state index < -0.39 is 93.1 Å². The number of nitro benzene ring substituents is 2. The molecule has 4 aromatic rings. The fourth-order valence-electron chi connectivity index (χ4n) is 8.28. The van der Waals surface area contributed by atoms with Crippen molar-refractivity contribution in [2.45, 2.75) is 104 Å². The maximum Gasteiger partial charge on any atom is 0.333 e. The first-order chi connectivity index (χ1) is 34.6. The van der Waals surface area contributed by atoms with Crippen LogP contribution in [0.15, 0.2) is 92.3 Å². The normalized spacial score (nSPS) is 19.8. The summed E-state index contributed by atoms with van der Waals surface area (Å²) < 4.78 is 37.3. The lowest BCUT2D eigenvalue weighted by Gasteiger charge is -2.18. The summed E-state index contributed by atoms with van der Waals surface area (Å²) in [6, 6.07) is 11.0. The molecule has 2 fully saturated rings. The zero-order chi connectivity index (χ0) is 53.3. The van der Waals surface area contributed by atoms with Crippen LogP contribution in [0, 0.1) is 34.1 Å². The van der Waals surface area contributed by atoms with Crippen molar-refractivity contribution in [2.75, 3.05) is 26.3 Å². The highest BCUT2D eigenvalue weighted by Gasteiger charge is 2.41. The second-order valence-electron chi connectivity index (χ2n) is 17.1. The van der Waals surface area contributed by atoms with Gasteiger partial charge in [-0.25, -0.2) is 9.59 Å². The van der Waals surface area contributed by atoms with E-state index in [0.29, 0.717) is 22.3 Å². The zero-order valence-electron chi connectivity index (χ0n) is 40.6. The van der Waals surface area contributed by atoms with E-state index in [1.54, 1.807) is 12.2 Å². The number of nitrogens with one attached hydrogen (secondary N) is 1. The number of hydrogen-bond donors (Lipinski definition) is 1. The van der Waals surface area contributed by atoms with Gasteiger partial charge in [0.25, 0.3) is 22.5 Å². The monoisotopic (exact) mass is 1020 g/mol. The van der Waals surface area contributed by atoms with Gasteiger partial charge in [0.05, 0.1) is 9.85 Å². The molecular weight excluding hydrogens is 963 g/mol. The highest BCUT2D eigenvalue weighted by atomic mass is 16.6. The third-order valence-electron chi connectivity index (χ3n) is 11.8. The highest BCUT2D eigenvalue weighted by molar-refractivity contribution is 5.71. The van der Waals surface area contributed by atoms with Gasteiger partial charge in [-0.2, -0.15) is 0 Å². The third kappa shape index (κ3) is 13.6. The molecule has 6 rings (SSSR count). The Bertz CT molecular complexity index is 2870. The number of non-ortho nitro benzene ring substituents is 2. The van der Waals surface area contributed by atoms with E-state index in [9.17, 15) is 58.6 Å². The number of nitro groups is 2. The molecule has 388 valence electrons. The lowest BCUT2D eigenvalue weighted by molar-refractivity contribution is -0.385. The van der Waals surface area contributed by atoms with Crippen molar-refractivity contribution in [1.29, 1.82) is 0 Å². The van der Waals surface area contributed by atoms with Gasteiger partial charge >= 0.3 is 35.3 Å². The lowest BCUT2D eigenvalue weighted by atomic mass is 10.0. The molecule has 2 aromatic heterocycles. The van der Waals surface area contributed by atoms with Crippen LogP contribution in [-0.2, 0) is 60.7 Å². The van der Waals surface area contributed by atoms with Gasteiger partial charge in [-0.1, -0.05) is 12.2 Å². The summed E-state index contributed by atoms with van der Waals surface area (Å²) >= 11 is 0. The Balaban J connectivity index is 1.32. The molecule has 25 nitrogen and oxygen atoms in total. The molecule has 0 bridgehead atoms. The number of nitrogens with zero attached hydrogens (tertiary/aromatic N) is 6. The molecule has 4 heterocycles. The van der Waals surface area contributed by atoms with Gasteiger partial charge in [-0.15, -0.1) is 0 Å². The van der Waals surface area contributed by atoms with E-state index in [4.69, 9.17) is 28.4 Å². The summed E-state index contributed by atoms with van der Waals surface area (Å²) in [6.45, 7) is 6.57. The van der Waals surface area contributed by atoms with Gasteiger partial charge in [-0.3, -0.25) is 67.3 Å². The van der Waals surface area contributed by atoms with Crippen molar-refractivity contribution in [3.63, 3.8) is 0 Å². The first-order valence-electron chi connectivity index (χ1n) is 22.8. The van der Waals surface area contributed by atoms with Crippen LogP contribution < -0.4 is 27.8 Å². The van der Waals surface area contributed by atoms with E-state index in [1.807, 2.05) is 0 Å². The van der Waals surface area contributed by atoms with E-state index in [2.05, 4.69) is 5.32 Å². The van der Waals surface area contributed by atoms with Crippen LogP contribution in [0.25, 0.3) is 11.1 Å². The van der Waals surface area contributed by atoms with E-state index in [1.165, 1.54) is 112 Å². The number of hydrogen-bond acceptors (Lipinski definition) is 19. The van der Waals surface area contributed by atoms with Crippen molar-refractivity contribution in [2.24, 2.45) is 0 Å². The average Bonchev–Trinajstić information content (AvgIpc) is 3.93. The van der Waals surface area contributed by atoms with E-state index >= 15 is 0 Å². The summed E-state index contributed by atoms with van der Waals surface area (Å²) in [6.07, 6.45) is 0.0483. The molecule has 0 saturated carbocycles. The lowest BCUT2D eigenvalue weighted by Crippen LogP contribution is -2.42. The summed E-state index contributed by atoms with van der Waals surface area (Å²) in [5.41, 5.74) is -1.12. The first kappa shape index (κ1) is 54.2. The Morgan fingerprint density at radius 1 is 0.616 bits per heavy atom. The fraction of sp³-hybridized carbons (Fsp3) is 0.417. The molecule has 6 atom stereocenters. The van der Waals surface area contributed by atoms with Gasteiger partial charge in [0, 0.05) is 115 Å². The fourth-order valence-corrected chi connectivity index (χ4v) is 8.28. The van der Waals surface area contributed by atoms with Crippen LogP contribution in [0.4, 0.5) is 11.4 Å². The molecule has 0 radical (unpaired) electrons. The second-order valence-corrected chi connectivity index (χ2v) is 17.1. The molecule has 0 amide bonds. The second kappa shape index (κ2) is 23.8. The molecule has 2 aliphatic heterocycles. The Morgan fingerprint density at radius 3 is 1.29 bits per heavy atom. The number of aryl methyl sites for hydroxylation is 2. The summed E-state index contributed by atoms with van der Waals surface area (Å²) in [7, 11) is 0. The topological polar surface area (TPSA) is 310 Å². The Hall–Kier alpha value is -8.16. The van der Waals surface area contributed by atoms with Crippen LogP contribution >= 0.6 is 0 Å². The number of benzene rings is 2. The molecule has 0 unspecified atom stereocenters. The van der Waals surface area contributed by atoms with Gasteiger partial charge in [0.1, 0.15) is 50.1 Å². The maximum absolute atomic E-state index is 14.1. The predicted octanol–water partition coefficient (Wildman–Crippen LogP) is 2.79. The third-order valence-corrected chi connectivity index (χ3v) is 11.8. The smallest absolute Gasteiger partial charge is 0.333 e. The minimum Gasteiger partial charge on any atom is -0.463 e. The molecule has 25 heteroatoms. The van der Waals surface area contributed by atoms with E-state index in [0.717, 1.165) is 9.13 Å². The molecule has 2 saturated heterocycles. The largest absolute Gasteiger partial charge is 0.463 e. The summed E-state index contributed by atoms with van der Waals surface area (Å²) in [4.78, 5) is 124. The maximum atomic E-state index is 14.1. The minimum atomic E-state index is -1.03. The van der Waals surface area contributed by atoms with E-state index in [-0.39, 0.29) is 74.7 Å². The summed E-state index contributed by atoms with van der Waals surface area (Å²) in [5, 5.41) is 26.4. The average molecular weight is 1020 g/mol. The van der Waals surface area contributed by atoms with Crippen molar-refractivity contribution < 1.29 is 57.4 Å². The van der Waals surface area contributed by atoms with Crippen molar-refractivity contribution in [1.82, 2.24) is 23.6 Å². The Morgan fingerprint density at radius 2 is 0.973 bits per heavy atom. The van der Waals surface area contributed by atoms with Gasteiger partial charge in [0.15, 0.2) is 0 Å². The number of carbonyl (C=O) groups is 4. The number of allylic oxidation sites excluding steroid dienone is 2. The van der Waals surface area contributed by atoms with Gasteiger partial charge < -0.3 is 33.7 Å². The van der Waals surface area contributed by atoms with Crippen LogP contribution in [0.2, 0.25) is 0 Å². The number of aromatic nitrogens is 4. The highest BCUT2D eigenvalue weighted by Crippen LogP contribution is 2.32. The van der Waals surface area contributed by atoms with Gasteiger partial charge in [-0.05, 0) is 60.4 Å². The minimum absolute atomic E-state index is 0.0113. The summed E-state index contributed by atoms with van der Waals surface area (Å²) in [5.74, 6) is -2.46. The molecule has 2 aliphatic rings. The molecule has 0 spiro atoms. The molecule has 0 aliphatic carbocycles. The Labute approximate surface area is 414 Å². The van der Waals surface area contributed by atoms with Crippen LogP contribution in [-0.4, -0.2) is 103 Å². The first-order valence-corrected chi connectivity index (χ1v) is 22.8. The predicted molar refractivity (Wildman–Crippen MR) is 256 cm³/mol. The number of esters is 4. The van der Waals surface area contributed by atoms with Gasteiger partial charge in [0.2, 0.25) is 0 Å². The zero-order valence-corrected chi connectivity index (χ0v) is 40.6. The van der Waals surface area contributed by atoms with Crippen molar-refractivity contribution >= 4 is 46.4 Å².